The zero-order chi connectivity index (χ0) is 8.81. The molecule has 0 aliphatic heterocycles. The first kappa shape index (κ1) is 8.73. The highest BCUT2D eigenvalue weighted by atomic mass is 16.3. The highest BCUT2D eigenvalue weighted by Crippen LogP contribution is 1.87. The number of H-pyrrole nitrogens is 1. The lowest BCUT2D eigenvalue weighted by Gasteiger charge is -1.99. The van der Waals surface area contributed by atoms with Gasteiger partial charge < -0.3 is 15.4 Å². The van der Waals surface area contributed by atoms with Crippen molar-refractivity contribution in [3.05, 3.63) is 18.2 Å². The van der Waals surface area contributed by atoms with Crippen molar-refractivity contribution in [2.45, 2.75) is 6.42 Å². The van der Waals surface area contributed by atoms with Gasteiger partial charge in [-0.3, -0.25) is 4.79 Å². The number of aliphatic hydroxyl groups excluding tert-OH is 1. The van der Waals surface area contributed by atoms with Gasteiger partial charge in [0.25, 0.3) is 5.91 Å². The predicted molar refractivity (Wildman–Crippen MR) is 42.6 cm³/mol. The van der Waals surface area contributed by atoms with Crippen LogP contribution in [0.3, 0.4) is 0 Å². The van der Waals surface area contributed by atoms with Gasteiger partial charge in [-0.05, 0) is 6.42 Å². The van der Waals surface area contributed by atoms with Gasteiger partial charge in [-0.25, -0.2) is 4.98 Å². The molecule has 0 fully saturated rings. The number of aromatic amines is 1. The summed E-state index contributed by atoms with van der Waals surface area (Å²) >= 11 is 0. The summed E-state index contributed by atoms with van der Waals surface area (Å²) in [5.41, 5.74) is 0. The SMILES string of the molecule is O=C(NCCCO)c1ncc[nH]1. The molecule has 5 nitrogen and oxygen atoms in total. The largest absolute Gasteiger partial charge is 0.396 e. The lowest BCUT2D eigenvalue weighted by Crippen LogP contribution is -2.25. The Balaban J connectivity index is 2.30. The van der Waals surface area contributed by atoms with Crippen molar-refractivity contribution in [3.63, 3.8) is 0 Å². The molecule has 1 amide bonds. The summed E-state index contributed by atoms with van der Waals surface area (Å²) in [4.78, 5) is 17.5. The molecule has 1 aromatic heterocycles. The Hall–Kier alpha value is -1.36. The highest BCUT2D eigenvalue weighted by molar-refractivity contribution is 5.90. The highest BCUT2D eigenvalue weighted by Gasteiger charge is 2.04. The second-order valence-corrected chi connectivity index (χ2v) is 2.27. The first-order valence-corrected chi connectivity index (χ1v) is 3.73. The van der Waals surface area contributed by atoms with Gasteiger partial charge in [-0.2, -0.15) is 0 Å². The van der Waals surface area contributed by atoms with E-state index in [0.717, 1.165) is 0 Å². The Labute approximate surface area is 69.8 Å². The number of carbonyl (C=O) groups is 1. The summed E-state index contributed by atoms with van der Waals surface area (Å²) in [6, 6.07) is 0. The Morgan fingerprint density at radius 1 is 1.75 bits per heavy atom. The number of amides is 1. The van der Waals surface area contributed by atoms with Crippen LogP contribution >= 0.6 is 0 Å². The molecular formula is C7H11N3O2. The third-order valence-electron chi connectivity index (χ3n) is 1.33. The molecule has 0 saturated heterocycles. The fourth-order valence-corrected chi connectivity index (χ4v) is 0.754. The molecule has 5 heteroatoms. The average Bonchev–Trinajstić information content (AvgIpc) is 2.56. The molecule has 1 rings (SSSR count). The molecule has 0 atom stereocenters. The van der Waals surface area contributed by atoms with E-state index in [-0.39, 0.29) is 12.5 Å². The topological polar surface area (TPSA) is 78.0 Å². The van der Waals surface area contributed by atoms with Crippen LogP contribution in [0, 0.1) is 0 Å². The van der Waals surface area contributed by atoms with Gasteiger partial charge in [-0.15, -0.1) is 0 Å². The molecule has 12 heavy (non-hydrogen) atoms. The number of aromatic nitrogens is 2. The Morgan fingerprint density at radius 3 is 3.17 bits per heavy atom. The molecule has 0 bridgehead atoms. The standard InChI is InChI=1S/C7H11N3O2/c11-5-1-2-10-7(12)6-8-3-4-9-6/h3-4,11H,1-2,5H2,(H,8,9)(H,10,12). The Morgan fingerprint density at radius 2 is 2.58 bits per heavy atom. The van der Waals surface area contributed by atoms with E-state index >= 15 is 0 Å². The van der Waals surface area contributed by atoms with Gasteiger partial charge >= 0.3 is 0 Å². The number of hydrogen-bond donors (Lipinski definition) is 3. The second-order valence-electron chi connectivity index (χ2n) is 2.27. The van der Waals surface area contributed by atoms with Crippen molar-refractivity contribution in [1.82, 2.24) is 15.3 Å². The molecule has 66 valence electrons. The van der Waals surface area contributed by atoms with Gasteiger partial charge in [0.1, 0.15) is 0 Å². The van der Waals surface area contributed by atoms with Crippen LogP contribution in [-0.2, 0) is 0 Å². The Kier molecular flexibility index (Phi) is 3.28. The molecule has 0 aliphatic rings. The fraction of sp³-hybridized carbons (Fsp3) is 0.429. The zero-order valence-corrected chi connectivity index (χ0v) is 6.58. The van der Waals surface area contributed by atoms with Gasteiger partial charge in [0.2, 0.25) is 0 Å². The van der Waals surface area contributed by atoms with E-state index in [1.807, 2.05) is 0 Å². The third kappa shape index (κ3) is 2.35. The normalized spacial score (nSPS) is 9.75. The van der Waals surface area contributed by atoms with E-state index in [0.29, 0.717) is 18.8 Å². The third-order valence-corrected chi connectivity index (χ3v) is 1.33. The molecule has 1 aromatic rings. The summed E-state index contributed by atoms with van der Waals surface area (Å²) in [6.45, 7) is 0.550. The van der Waals surface area contributed by atoms with Crippen LogP contribution in [0.2, 0.25) is 0 Å². The second kappa shape index (κ2) is 4.50. The first-order valence-electron chi connectivity index (χ1n) is 3.73. The number of imidazole rings is 1. The first-order chi connectivity index (χ1) is 5.84. The smallest absolute Gasteiger partial charge is 0.287 e. The van der Waals surface area contributed by atoms with Crippen LogP contribution in [0.5, 0.6) is 0 Å². The van der Waals surface area contributed by atoms with Crippen molar-refractivity contribution < 1.29 is 9.90 Å². The maximum Gasteiger partial charge on any atom is 0.287 e. The van der Waals surface area contributed by atoms with Crippen molar-refractivity contribution in [1.29, 1.82) is 0 Å². The molecule has 3 N–H and O–H groups in total. The summed E-state index contributed by atoms with van der Waals surface area (Å²) in [5.74, 6) is 0.0568. The predicted octanol–water partition coefficient (Wildman–Crippen LogP) is -0.478. The maximum absolute atomic E-state index is 11.1. The molecule has 0 saturated carbocycles. The fourth-order valence-electron chi connectivity index (χ4n) is 0.754. The molecule has 0 aliphatic carbocycles. The number of hydrogen-bond acceptors (Lipinski definition) is 3. The van der Waals surface area contributed by atoms with Crippen LogP contribution < -0.4 is 5.32 Å². The maximum atomic E-state index is 11.1. The monoisotopic (exact) mass is 169 g/mol. The minimum absolute atomic E-state index is 0.0818. The van der Waals surface area contributed by atoms with Crippen LogP contribution in [0.1, 0.15) is 17.0 Å². The van der Waals surface area contributed by atoms with E-state index in [1.54, 1.807) is 6.20 Å². The van der Waals surface area contributed by atoms with Crippen LogP contribution in [0.15, 0.2) is 12.4 Å². The minimum atomic E-state index is -0.242. The van der Waals surface area contributed by atoms with Gasteiger partial charge in [0, 0.05) is 25.5 Å². The molecule has 0 aromatic carbocycles. The summed E-state index contributed by atoms with van der Waals surface area (Å²) in [7, 11) is 0. The Bertz CT molecular complexity index is 233. The van der Waals surface area contributed by atoms with Crippen LogP contribution in [0.4, 0.5) is 0 Å². The lowest BCUT2D eigenvalue weighted by atomic mass is 10.4. The average molecular weight is 169 g/mol. The molecule has 1 heterocycles. The summed E-state index contributed by atoms with van der Waals surface area (Å²) < 4.78 is 0. The molecule has 0 radical (unpaired) electrons. The summed E-state index contributed by atoms with van der Waals surface area (Å²) in [5, 5.41) is 11.0. The van der Waals surface area contributed by atoms with E-state index in [9.17, 15) is 4.79 Å². The van der Waals surface area contributed by atoms with E-state index in [4.69, 9.17) is 5.11 Å². The lowest BCUT2D eigenvalue weighted by molar-refractivity contribution is 0.0942. The number of nitrogens with zero attached hydrogens (tertiary/aromatic N) is 1. The van der Waals surface area contributed by atoms with Crippen molar-refractivity contribution in [3.8, 4) is 0 Å². The van der Waals surface area contributed by atoms with Gasteiger partial charge in [0.15, 0.2) is 5.82 Å². The molecule has 0 unspecified atom stereocenters. The number of carbonyl (C=O) groups excluding carboxylic acids is 1. The number of nitrogens with one attached hydrogen (secondary N) is 2. The number of aliphatic hydroxyl groups is 1. The van der Waals surface area contributed by atoms with Crippen molar-refractivity contribution >= 4 is 5.91 Å². The van der Waals surface area contributed by atoms with Gasteiger partial charge in [0.05, 0.1) is 0 Å². The molecule has 0 spiro atoms. The van der Waals surface area contributed by atoms with E-state index in [2.05, 4.69) is 15.3 Å². The zero-order valence-electron chi connectivity index (χ0n) is 6.58. The van der Waals surface area contributed by atoms with E-state index in [1.165, 1.54) is 6.20 Å². The van der Waals surface area contributed by atoms with E-state index < -0.39 is 0 Å². The van der Waals surface area contributed by atoms with Crippen molar-refractivity contribution in [2.24, 2.45) is 0 Å². The quantitative estimate of drug-likeness (QED) is 0.533. The molecular weight excluding hydrogens is 158 g/mol. The minimum Gasteiger partial charge on any atom is -0.396 e. The van der Waals surface area contributed by atoms with Crippen LogP contribution in [-0.4, -0.2) is 34.1 Å². The van der Waals surface area contributed by atoms with Gasteiger partial charge in [-0.1, -0.05) is 0 Å². The van der Waals surface area contributed by atoms with Crippen LogP contribution in [0.25, 0.3) is 0 Å². The summed E-state index contributed by atoms with van der Waals surface area (Å²) in [6.07, 6.45) is 3.66. The number of rotatable bonds is 4. The van der Waals surface area contributed by atoms with Crippen molar-refractivity contribution in [2.75, 3.05) is 13.2 Å².